The van der Waals surface area contributed by atoms with E-state index in [0.717, 1.165) is 29.2 Å². The van der Waals surface area contributed by atoms with Gasteiger partial charge in [-0.2, -0.15) is 5.10 Å². The van der Waals surface area contributed by atoms with Gasteiger partial charge in [-0.15, -0.1) is 0 Å². The van der Waals surface area contributed by atoms with E-state index in [1.807, 2.05) is 29.9 Å². The number of para-hydroxylation sites is 1. The van der Waals surface area contributed by atoms with E-state index in [2.05, 4.69) is 22.5 Å². The van der Waals surface area contributed by atoms with Crippen molar-refractivity contribution in [2.24, 2.45) is 7.05 Å². The lowest BCUT2D eigenvalue weighted by Gasteiger charge is -2.07. The maximum Gasteiger partial charge on any atom is 0.128 e. The third-order valence-electron chi connectivity index (χ3n) is 3.70. The highest BCUT2D eigenvalue weighted by Gasteiger charge is 2.21. The van der Waals surface area contributed by atoms with E-state index in [-0.39, 0.29) is 0 Å². The first-order chi connectivity index (χ1) is 9.29. The van der Waals surface area contributed by atoms with Crippen molar-refractivity contribution in [3.05, 3.63) is 36.0 Å². The summed E-state index contributed by atoms with van der Waals surface area (Å²) in [5.74, 6) is 0.886. The summed E-state index contributed by atoms with van der Waals surface area (Å²) < 4.78 is 7.37. The molecule has 1 aromatic heterocycles. The average Bonchev–Trinajstić information content (AvgIpc) is 3.07. The van der Waals surface area contributed by atoms with Gasteiger partial charge in [0.25, 0.3) is 0 Å². The van der Waals surface area contributed by atoms with Crippen LogP contribution in [-0.2, 0) is 7.05 Å². The fourth-order valence-corrected chi connectivity index (χ4v) is 2.71. The maximum absolute atomic E-state index is 5.43. The van der Waals surface area contributed by atoms with Gasteiger partial charge in [0.05, 0.1) is 24.5 Å². The molecule has 0 spiro atoms. The zero-order valence-electron chi connectivity index (χ0n) is 11.4. The van der Waals surface area contributed by atoms with Gasteiger partial charge in [0.15, 0.2) is 0 Å². The van der Waals surface area contributed by atoms with Crippen molar-refractivity contribution < 1.29 is 4.74 Å². The number of hydrogen-bond acceptors (Lipinski definition) is 3. The molecular formula is C15H19N3O. The Kier molecular flexibility index (Phi) is 3.25. The quantitative estimate of drug-likeness (QED) is 0.918. The van der Waals surface area contributed by atoms with Gasteiger partial charge in [-0.05, 0) is 37.6 Å². The predicted octanol–water partition coefficient (Wildman–Crippen LogP) is 2.52. The number of rotatable bonds is 3. The number of methoxy groups -OCH3 is 1. The van der Waals surface area contributed by atoms with Crippen LogP contribution < -0.4 is 10.1 Å². The fourth-order valence-electron chi connectivity index (χ4n) is 2.71. The van der Waals surface area contributed by atoms with Crippen LogP contribution in [0.15, 0.2) is 30.3 Å². The van der Waals surface area contributed by atoms with E-state index in [9.17, 15) is 0 Å². The summed E-state index contributed by atoms with van der Waals surface area (Å²) in [5.41, 5.74) is 3.31. The molecule has 19 heavy (non-hydrogen) atoms. The molecule has 4 heteroatoms. The first-order valence-corrected chi connectivity index (χ1v) is 6.70. The Hall–Kier alpha value is -1.81. The van der Waals surface area contributed by atoms with Crippen molar-refractivity contribution in [3.8, 4) is 17.0 Å². The molecule has 0 saturated carbocycles. The zero-order valence-corrected chi connectivity index (χ0v) is 11.4. The lowest BCUT2D eigenvalue weighted by molar-refractivity contribution is 0.416. The third kappa shape index (κ3) is 2.24. The number of nitrogens with zero attached hydrogens (tertiary/aromatic N) is 2. The van der Waals surface area contributed by atoms with E-state index in [1.165, 1.54) is 12.8 Å². The minimum Gasteiger partial charge on any atom is -0.496 e. The molecule has 2 heterocycles. The Labute approximate surface area is 113 Å². The molecule has 0 radical (unpaired) electrons. The Morgan fingerprint density at radius 1 is 1.37 bits per heavy atom. The first-order valence-electron chi connectivity index (χ1n) is 6.70. The molecule has 1 aromatic carbocycles. The Bertz CT molecular complexity index is 571. The van der Waals surface area contributed by atoms with Crippen LogP contribution in [0.3, 0.4) is 0 Å². The van der Waals surface area contributed by atoms with Crippen LogP contribution in [0.2, 0.25) is 0 Å². The lowest BCUT2D eigenvalue weighted by atomic mass is 10.1. The van der Waals surface area contributed by atoms with E-state index < -0.39 is 0 Å². The fraction of sp³-hybridized carbons (Fsp3) is 0.400. The maximum atomic E-state index is 5.43. The molecule has 2 aromatic rings. The average molecular weight is 257 g/mol. The molecule has 0 aliphatic carbocycles. The van der Waals surface area contributed by atoms with Crippen LogP contribution in [0, 0.1) is 0 Å². The molecule has 1 atom stereocenters. The molecule has 1 N–H and O–H groups in total. The minimum atomic E-state index is 0.398. The molecule has 3 rings (SSSR count). The molecule has 0 amide bonds. The summed E-state index contributed by atoms with van der Waals surface area (Å²) in [6.07, 6.45) is 2.40. The summed E-state index contributed by atoms with van der Waals surface area (Å²) in [4.78, 5) is 0. The van der Waals surface area contributed by atoms with E-state index in [0.29, 0.717) is 6.04 Å². The Balaban J connectivity index is 2.00. The summed E-state index contributed by atoms with van der Waals surface area (Å²) in [6, 6.07) is 10.6. The standard InChI is InChI=1S/C15H19N3O/c1-18-14(11-6-3-4-8-15(11)19-2)10-13(17-18)12-7-5-9-16-12/h3-4,6,8,10,12,16H,5,7,9H2,1-2H3. The third-order valence-corrected chi connectivity index (χ3v) is 3.70. The van der Waals surface area contributed by atoms with Gasteiger partial charge in [-0.1, -0.05) is 12.1 Å². The van der Waals surface area contributed by atoms with Crippen LogP contribution >= 0.6 is 0 Å². The number of ether oxygens (including phenoxy) is 1. The Morgan fingerprint density at radius 3 is 2.95 bits per heavy atom. The van der Waals surface area contributed by atoms with Gasteiger partial charge in [-0.25, -0.2) is 0 Å². The van der Waals surface area contributed by atoms with Crippen molar-refractivity contribution in [3.63, 3.8) is 0 Å². The zero-order chi connectivity index (χ0) is 13.2. The van der Waals surface area contributed by atoms with Gasteiger partial charge >= 0.3 is 0 Å². The summed E-state index contributed by atoms with van der Waals surface area (Å²) >= 11 is 0. The van der Waals surface area contributed by atoms with Crippen LogP contribution in [0.1, 0.15) is 24.6 Å². The molecule has 1 aliphatic rings. The number of benzene rings is 1. The van der Waals surface area contributed by atoms with E-state index in [1.54, 1.807) is 7.11 Å². The van der Waals surface area contributed by atoms with Gasteiger partial charge in [0.1, 0.15) is 5.75 Å². The van der Waals surface area contributed by atoms with E-state index >= 15 is 0 Å². The number of aryl methyl sites for hydroxylation is 1. The van der Waals surface area contributed by atoms with Gasteiger partial charge in [0.2, 0.25) is 0 Å². The highest BCUT2D eigenvalue weighted by Crippen LogP contribution is 2.32. The SMILES string of the molecule is COc1ccccc1-c1cc(C2CCCN2)nn1C. The van der Waals surface area contributed by atoms with Crippen molar-refractivity contribution >= 4 is 0 Å². The van der Waals surface area contributed by atoms with Crippen molar-refractivity contribution in [2.75, 3.05) is 13.7 Å². The summed E-state index contributed by atoms with van der Waals surface area (Å²) in [6.45, 7) is 1.09. The van der Waals surface area contributed by atoms with Crippen LogP contribution in [-0.4, -0.2) is 23.4 Å². The normalized spacial score (nSPS) is 18.7. The van der Waals surface area contributed by atoms with Crippen molar-refractivity contribution in [1.82, 2.24) is 15.1 Å². The number of hydrogen-bond donors (Lipinski definition) is 1. The van der Waals surface area contributed by atoms with Gasteiger partial charge < -0.3 is 10.1 Å². The molecule has 1 saturated heterocycles. The number of aromatic nitrogens is 2. The Morgan fingerprint density at radius 2 is 2.21 bits per heavy atom. The molecule has 100 valence electrons. The van der Waals surface area contributed by atoms with E-state index in [4.69, 9.17) is 4.74 Å². The topological polar surface area (TPSA) is 39.1 Å². The molecular weight excluding hydrogens is 238 g/mol. The molecule has 1 aliphatic heterocycles. The predicted molar refractivity (Wildman–Crippen MR) is 75.2 cm³/mol. The second kappa shape index (κ2) is 5.05. The summed E-state index contributed by atoms with van der Waals surface area (Å²) in [7, 11) is 3.69. The number of nitrogens with one attached hydrogen (secondary N) is 1. The largest absolute Gasteiger partial charge is 0.496 e. The summed E-state index contributed by atoms with van der Waals surface area (Å²) in [5, 5.41) is 8.13. The smallest absolute Gasteiger partial charge is 0.128 e. The van der Waals surface area contributed by atoms with Gasteiger partial charge in [-0.3, -0.25) is 4.68 Å². The van der Waals surface area contributed by atoms with Crippen molar-refractivity contribution in [2.45, 2.75) is 18.9 Å². The monoisotopic (exact) mass is 257 g/mol. The second-order valence-corrected chi connectivity index (χ2v) is 4.93. The van der Waals surface area contributed by atoms with Crippen LogP contribution in [0.25, 0.3) is 11.3 Å². The van der Waals surface area contributed by atoms with Crippen molar-refractivity contribution in [1.29, 1.82) is 0 Å². The highest BCUT2D eigenvalue weighted by atomic mass is 16.5. The van der Waals surface area contributed by atoms with Crippen LogP contribution in [0.5, 0.6) is 5.75 Å². The molecule has 1 unspecified atom stereocenters. The molecule has 1 fully saturated rings. The second-order valence-electron chi connectivity index (χ2n) is 4.93. The molecule has 4 nitrogen and oxygen atoms in total. The highest BCUT2D eigenvalue weighted by molar-refractivity contribution is 5.67. The van der Waals surface area contributed by atoms with Gasteiger partial charge in [0, 0.05) is 12.6 Å². The minimum absolute atomic E-state index is 0.398. The lowest BCUT2D eigenvalue weighted by Crippen LogP contribution is -2.13. The molecule has 0 bridgehead atoms. The van der Waals surface area contributed by atoms with Crippen LogP contribution in [0.4, 0.5) is 0 Å². The first kappa shape index (κ1) is 12.2.